The highest BCUT2D eigenvalue weighted by Gasteiger charge is 2.21. The number of imidazole rings is 1. The topological polar surface area (TPSA) is 84.4 Å². The lowest BCUT2D eigenvalue weighted by Gasteiger charge is -2.20. The molecule has 2 aromatic heterocycles. The molecule has 0 aliphatic heterocycles. The molecule has 0 fully saturated rings. The minimum absolute atomic E-state index is 0.136. The summed E-state index contributed by atoms with van der Waals surface area (Å²) in [6.45, 7) is 0.395. The molecule has 0 saturated carbocycles. The molecule has 7 nitrogen and oxygen atoms in total. The van der Waals surface area contributed by atoms with Gasteiger partial charge in [0, 0.05) is 31.4 Å². The maximum Gasteiger partial charge on any atom is 0.292 e. The summed E-state index contributed by atoms with van der Waals surface area (Å²) in [6.07, 6.45) is 3.35. The van der Waals surface area contributed by atoms with Crippen LogP contribution in [0.25, 0.3) is 11.3 Å². The van der Waals surface area contributed by atoms with Crippen molar-refractivity contribution in [2.24, 2.45) is 7.05 Å². The third-order valence-corrected chi connectivity index (χ3v) is 3.72. The monoisotopic (exact) mass is 326 g/mol. The lowest BCUT2D eigenvalue weighted by Crippen LogP contribution is -2.33. The van der Waals surface area contributed by atoms with Crippen LogP contribution >= 0.6 is 0 Å². The van der Waals surface area contributed by atoms with Crippen molar-refractivity contribution in [2.45, 2.75) is 6.54 Å². The molecule has 3 aromatic rings. The normalized spacial score (nSPS) is 10.8. The number of carbonyl (C=O) groups excluding carboxylic acids is 1. The zero-order valence-electron chi connectivity index (χ0n) is 13.3. The van der Waals surface area contributed by atoms with Gasteiger partial charge in [0.05, 0.1) is 25.2 Å². The first-order chi connectivity index (χ1) is 11.7. The van der Waals surface area contributed by atoms with Crippen LogP contribution in [0.2, 0.25) is 0 Å². The van der Waals surface area contributed by atoms with Gasteiger partial charge >= 0.3 is 0 Å². The van der Waals surface area contributed by atoms with Crippen molar-refractivity contribution in [1.82, 2.24) is 19.6 Å². The van der Waals surface area contributed by atoms with Crippen molar-refractivity contribution in [3.05, 3.63) is 60.4 Å². The van der Waals surface area contributed by atoms with Crippen molar-refractivity contribution in [3.63, 3.8) is 0 Å². The van der Waals surface area contributed by atoms with Crippen LogP contribution in [-0.4, -0.2) is 43.8 Å². The second-order valence-corrected chi connectivity index (χ2v) is 5.39. The minimum atomic E-state index is -0.320. The summed E-state index contributed by atoms with van der Waals surface area (Å²) in [4.78, 5) is 18.2. The third kappa shape index (κ3) is 3.36. The van der Waals surface area contributed by atoms with Crippen molar-refractivity contribution in [3.8, 4) is 11.3 Å². The molecule has 24 heavy (non-hydrogen) atoms. The zero-order valence-corrected chi connectivity index (χ0v) is 13.3. The van der Waals surface area contributed by atoms with Crippen LogP contribution in [0.1, 0.15) is 16.2 Å². The van der Waals surface area contributed by atoms with Crippen LogP contribution in [0.15, 0.2) is 53.4 Å². The Balaban J connectivity index is 1.80. The number of aryl methyl sites for hydroxylation is 1. The van der Waals surface area contributed by atoms with E-state index in [0.29, 0.717) is 12.2 Å². The summed E-state index contributed by atoms with van der Waals surface area (Å²) in [5, 5.41) is 13.2. The fourth-order valence-corrected chi connectivity index (χ4v) is 2.38. The van der Waals surface area contributed by atoms with Crippen LogP contribution in [0.3, 0.4) is 0 Å². The van der Waals surface area contributed by atoms with Gasteiger partial charge in [0.15, 0.2) is 0 Å². The summed E-state index contributed by atoms with van der Waals surface area (Å²) in [5.74, 6) is -0.176. The number of amides is 1. The van der Waals surface area contributed by atoms with E-state index in [9.17, 15) is 9.90 Å². The molecule has 0 radical (unpaired) electrons. The van der Waals surface area contributed by atoms with E-state index in [0.717, 1.165) is 11.3 Å². The number of benzene rings is 1. The molecule has 124 valence electrons. The van der Waals surface area contributed by atoms with Crippen LogP contribution in [-0.2, 0) is 13.6 Å². The second kappa shape index (κ2) is 7.10. The largest absolute Gasteiger partial charge is 0.395 e. The molecule has 7 heteroatoms. The fourth-order valence-electron chi connectivity index (χ4n) is 2.38. The highest BCUT2D eigenvalue weighted by molar-refractivity contribution is 5.92. The van der Waals surface area contributed by atoms with Crippen LogP contribution in [0.5, 0.6) is 0 Å². The number of carbonyl (C=O) groups is 1. The Morgan fingerprint density at radius 3 is 2.79 bits per heavy atom. The second-order valence-electron chi connectivity index (χ2n) is 5.39. The Morgan fingerprint density at radius 1 is 1.33 bits per heavy atom. The zero-order chi connectivity index (χ0) is 16.9. The smallest absolute Gasteiger partial charge is 0.292 e. The molecule has 0 unspecified atom stereocenters. The lowest BCUT2D eigenvalue weighted by atomic mass is 10.1. The summed E-state index contributed by atoms with van der Waals surface area (Å²) in [6, 6.07) is 11.1. The van der Waals surface area contributed by atoms with E-state index < -0.39 is 0 Å². The number of nitrogens with zero attached hydrogens (tertiary/aromatic N) is 4. The fraction of sp³-hybridized carbons (Fsp3) is 0.235. The number of aliphatic hydroxyl groups is 1. The molecule has 3 rings (SSSR count). The van der Waals surface area contributed by atoms with Crippen molar-refractivity contribution < 1.29 is 14.4 Å². The molecular weight excluding hydrogens is 308 g/mol. The lowest BCUT2D eigenvalue weighted by molar-refractivity contribution is 0.0662. The van der Waals surface area contributed by atoms with E-state index in [-0.39, 0.29) is 24.8 Å². The van der Waals surface area contributed by atoms with Gasteiger partial charge in [0.1, 0.15) is 5.69 Å². The highest BCUT2D eigenvalue weighted by atomic mass is 16.5. The first-order valence-electron chi connectivity index (χ1n) is 7.56. The molecule has 0 aliphatic carbocycles. The Hall–Kier alpha value is -2.93. The van der Waals surface area contributed by atoms with E-state index in [4.69, 9.17) is 4.52 Å². The molecule has 1 N–H and O–H groups in total. The first kappa shape index (κ1) is 15.9. The molecule has 1 aromatic carbocycles. The number of hydrogen-bond acceptors (Lipinski definition) is 5. The van der Waals surface area contributed by atoms with Gasteiger partial charge < -0.3 is 19.1 Å². The Bertz CT molecular complexity index is 810. The first-order valence-corrected chi connectivity index (χ1v) is 7.56. The molecule has 0 spiro atoms. The number of rotatable bonds is 6. The van der Waals surface area contributed by atoms with Crippen molar-refractivity contribution in [1.29, 1.82) is 0 Å². The molecule has 0 bridgehead atoms. The summed E-state index contributed by atoms with van der Waals surface area (Å²) in [5.41, 5.74) is 2.34. The predicted octanol–water partition coefficient (Wildman–Crippen LogP) is 1.71. The maximum atomic E-state index is 12.7. The van der Waals surface area contributed by atoms with Gasteiger partial charge in [-0.15, -0.1) is 0 Å². The quantitative estimate of drug-likeness (QED) is 0.745. The van der Waals surface area contributed by atoms with E-state index in [2.05, 4.69) is 10.1 Å². The average Bonchev–Trinajstić information content (AvgIpc) is 3.24. The number of aromatic nitrogens is 3. The predicted molar refractivity (Wildman–Crippen MR) is 87.0 cm³/mol. The standard InChI is InChI=1S/C17H18N4O3/c1-20-12-18-10-14(20)11-21(7-8-22)17(23)16-9-15(19-24-16)13-5-3-2-4-6-13/h2-6,9-10,12,22H,7-8,11H2,1H3. The van der Waals surface area contributed by atoms with Gasteiger partial charge in [-0.3, -0.25) is 4.79 Å². The van der Waals surface area contributed by atoms with Crippen LogP contribution < -0.4 is 0 Å². The number of hydrogen-bond donors (Lipinski definition) is 1. The summed E-state index contributed by atoms with van der Waals surface area (Å²) >= 11 is 0. The third-order valence-electron chi connectivity index (χ3n) is 3.72. The maximum absolute atomic E-state index is 12.7. The minimum Gasteiger partial charge on any atom is -0.395 e. The van der Waals surface area contributed by atoms with Crippen molar-refractivity contribution in [2.75, 3.05) is 13.2 Å². The van der Waals surface area contributed by atoms with Crippen molar-refractivity contribution >= 4 is 5.91 Å². The van der Waals surface area contributed by atoms with Crippen LogP contribution in [0.4, 0.5) is 0 Å². The molecule has 1 amide bonds. The van der Waals surface area contributed by atoms with E-state index in [1.165, 1.54) is 4.90 Å². The SMILES string of the molecule is Cn1cncc1CN(CCO)C(=O)c1cc(-c2ccccc2)no1. The number of aliphatic hydroxyl groups excluding tert-OH is 1. The summed E-state index contributed by atoms with van der Waals surface area (Å²) < 4.78 is 7.04. The van der Waals surface area contributed by atoms with Gasteiger partial charge in [-0.05, 0) is 0 Å². The van der Waals surface area contributed by atoms with Gasteiger partial charge in [0.25, 0.3) is 5.91 Å². The molecular formula is C17H18N4O3. The molecule has 0 atom stereocenters. The molecule has 0 aliphatic rings. The van der Waals surface area contributed by atoms with Gasteiger partial charge in [0.2, 0.25) is 5.76 Å². The average molecular weight is 326 g/mol. The Morgan fingerprint density at radius 2 is 2.12 bits per heavy atom. The van der Waals surface area contributed by atoms with E-state index in [1.807, 2.05) is 41.9 Å². The molecule has 2 heterocycles. The summed E-state index contributed by atoms with van der Waals surface area (Å²) in [7, 11) is 1.85. The Kier molecular flexibility index (Phi) is 4.72. The van der Waals surface area contributed by atoms with Gasteiger partial charge in [-0.25, -0.2) is 4.98 Å². The molecule has 0 saturated heterocycles. The highest BCUT2D eigenvalue weighted by Crippen LogP contribution is 2.20. The van der Waals surface area contributed by atoms with Gasteiger partial charge in [-0.2, -0.15) is 0 Å². The Labute approximate surface area is 139 Å². The van der Waals surface area contributed by atoms with E-state index >= 15 is 0 Å². The van der Waals surface area contributed by atoms with Crippen LogP contribution in [0, 0.1) is 0 Å². The van der Waals surface area contributed by atoms with E-state index in [1.54, 1.807) is 18.6 Å². The van der Waals surface area contributed by atoms with Gasteiger partial charge in [-0.1, -0.05) is 35.5 Å².